The summed E-state index contributed by atoms with van der Waals surface area (Å²) in [6.45, 7) is 2.77. The minimum absolute atomic E-state index is 0.191. The van der Waals surface area contributed by atoms with Crippen LogP contribution in [0, 0.1) is 0 Å². The van der Waals surface area contributed by atoms with E-state index in [4.69, 9.17) is 5.73 Å². The van der Waals surface area contributed by atoms with E-state index in [1.54, 1.807) is 6.33 Å². The van der Waals surface area contributed by atoms with Crippen LogP contribution in [0.15, 0.2) is 12.7 Å². The highest BCUT2D eigenvalue weighted by Crippen LogP contribution is 2.13. The van der Waals surface area contributed by atoms with Crippen LogP contribution in [-0.2, 0) is 0 Å². The van der Waals surface area contributed by atoms with Crippen molar-refractivity contribution in [2.24, 2.45) is 5.73 Å². The first-order valence-corrected chi connectivity index (χ1v) is 4.91. The monoisotopic (exact) mass is 206 g/mol. The van der Waals surface area contributed by atoms with Crippen LogP contribution in [0.2, 0.25) is 0 Å². The summed E-state index contributed by atoms with van der Waals surface area (Å²) in [6, 6.07) is 0.191. The lowest BCUT2D eigenvalue weighted by molar-refractivity contribution is 0.689. The Kier molecular flexibility index (Phi) is 2.77. The molecule has 6 nitrogen and oxygen atoms in total. The summed E-state index contributed by atoms with van der Waals surface area (Å²) in [7, 11) is 0. The molecule has 1 atom stereocenters. The molecule has 0 aliphatic rings. The second-order valence-corrected chi connectivity index (χ2v) is 3.52. The topological polar surface area (TPSA) is 92.5 Å². The van der Waals surface area contributed by atoms with Crippen LogP contribution in [0.1, 0.15) is 13.3 Å². The number of nitrogens with one attached hydrogen (secondary N) is 2. The number of hydrogen-bond donors (Lipinski definition) is 3. The highest BCUT2D eigenvalue weighted by atomic mass is 15.1. The summed E-state index contributed by atoms with van der Waals surface area (Å²) in [5.74, 6) is 0.776. The summed E-state index contributed by atoms with van der Waals surface area (Å²) in [5.41, 5.74) is 7.17. The van der Waals surface area contributed by atoms with Crippen molar-refractivity contribution < 1.29 is 0 Å². The predicted molar refractivity (Wildman–Crippen MR) is 58.4 cm³/mol. The van der Waals surface area contributed by atoms with Crippen molar-refractivity contribution in [3.63, 3.8) is 0 Å². The van der Waals surface area contributed by atoms with E-state index in [0.29, 0.717) is 5.65 Å². The summed E-state index contributed by atoms with van der Waals surface area (Å²) >= 11 is 0. The molecule has 0 aromatic carbocycles. The lowest BCUT2D eigenvalue weighted by Crippen LogP contribution is -2.19. The van der Waals surface area contributed by atoms with Gasteiger partial charge in [-0.3, -0.25) is 0 Å². The van der Waals surface area contributed by atoms with Gasteiger partial charge in [0.05, 0.1) is 6.33 Å². The van der Waals surface area contributed by atoms with Crippen LogP contribution >= 0.6 is 0 Å². The molecule has 0 radical (unpaired) electrons. The van der Waals surface area contributed by atoms with Gasteiger partial charge < -0.3 is 16.0 Å². The maximum absolute atomic E-state index is 5.66. The van der Waals surface area contributed by atoms with Crippen molar-refractivity contribution in [2.45, 2.75) is 19.4 Å². The standard InChI is InChI=1S/C9H14N6/c1-6(10)2-3-11-8-7-9(13-4-12-7)15-5-14-8/h4-6H,2-3,10H2,1H3,(H2,11,12,13,14,15). The van der Waals surface area contributed by atoms with E-state index in [2.05, 4.69) is 25.3 Å². The third-order valence-corrected chi connectivity index (χ3v) is 2.12. The zero-order chi connectivity index (χ0) is 10.7. The number of fused-ring (bicyclic) bond motifs is 1. The first-order chi connectivity index (χ1) is 7.27. The average Bonchev–Trinajstić information content (AvgIpc) is 2.65. The smallest absolute Gasteiger partial charge is 0.182 e. The van der Waals surface area contributed by atoms with Crippen LogP contribution < -0.4 is 11.1 Å². The Hall–Kier alpha value is -1.69. The third-order valence-electron chi connectivity index (χ3n) is 2.12. The molecule has 2 aromatic heterocycles. The number of rotatable bonds is 4. The van der Waals surface area contributed by atoms with Gasteiger partial charge in [0.25, 0.3) is 0 Å². The molecule has 6 heteroatoms. The molecule has 15 heavy (non-hydrogen) atoms. The highest BCUT2D eigenvalue weighted by molar-refractivity contribution is 5.81. The predicted octanol–water partition coefficient (Wildman–Crippen LogP) is 0.502. The van der Waals surface area contributed by atoms with E-state index in [9.17, 15) is 0 Å². The zero-order valence-corrected chi connectivity index (χ0v) is 8.57. The molecule has 0 fully saturated rings. The summed E-state index contributed by atoms with van der Waals surface area (Å²) in [6.07, 6.45) is 4.01. The van der Waals surface area contributed by atoms with E-state index < -0.39 is 0 Å². The molecule has 0 aliphatic heterocycles. The van der Waals surface area contributed by atoms with Gasteiger partial charge >= 0.3 is 0 Å². The second kappa shape index (κ2) is 4.22. The quantitative estimate of drug-likeness (QED) is 0.677. The molecule has 2 aromatic rings. The summed E-state index contributed by atoms with van der Waals surface area (Å²) in [4.78, 5) is 15.2. The van der Waals surface area contributed by atoms with Crippen molar-refractivity contribution in [2.75, 3.05) is 11.9 Å². The van der Waals surface area contributed by atoms with Crippen LogP contribution in [0.4, 0.5) is 5.82 Å². The normalized spacial score (nSPS) is 12.9. The van der Waals surface area contributed by atoms with Gasteiger partial charge in [0, 0.05) is 12.6 Å². The maximum Gasteiger partial charge on any atom is 0.182 e. The van der Waals surface area contributed by atoms with Gasteiger partial charge in [-0.2, -0.15) is 0 Å². The molecule has 0 spiro atoms. The first-order valence-electron chi connectivity index (χ1n) is 4.91. The Bertz CT molecular complexity index is 435. The molecule has 0 saturated carbocycles. The lowest BCUT2D eigenvalue weighted by Gasteiger charge is -2.07. The SMILES string of the molecule is CC(N)CCNc1ncnc2nc[nH]c12. The summed E-state index contributed by atoms with van der Waals surface area (Å²) in [5, 5.41) is 3.20. The van der Waals surface area contributed by atoms with E-state index >= 15 is 0 Å². The van der Waals surface area contributed by atoms with Crippen molar-refractivity contribution >= 4 is 17.0 Å². The van der Waals surface area contributed by atoms with Gasteiger partial charge in [-0.05, 0) is 13.3 Å². The Morgan fingerprint density at radius 1 is 1.47 bits per heavy atom. The van der Waals surface area contributed by atoms with Gasteiger partial charge in [-0.15, -0.1) is 0 Å². The van der Waals surface area contributed by atoms with Crippen molar-refractivity contribution in [3.05, 3.63) is 12.7 Å². The number of anilines is 1. The fourth-order valence-electron chi connectivity index (χ4n) is 1.32. The molecule has 0 bridgehead atoms. The number of nitrogens with two attached hydrogens (primary N) is 1. The lowest BCUT2D eigenvalue weighted by atomic mass is 10.2. The Morgan fingerprint density at radius 2 is 2.33 bits per heavy atom. The largest absolute Gasteiger partial charge is 0.368 e. The fraction of sp³-hybridized carbons (Fsp3) is 0.444. The molecule has 0 aliphatic carbocycles. The zero-order valence-electron chi connectivity index (χ0n) is 8.57. The molecule has 2 heterocycles. The van der Waals surface area contributed by atoms with Gasteiger partial charge in [0.1, 0.15) is 11.8 Å². The van der Waals surface area contributed by atoms with Gasteiger partial charge in [0.2, 0.25) is 0 Å². The van der Waals surface area contributed by atoms with E-state index in [-0.39, 0.29) is 6.04 Å². The molecular weight excluding hydrogens is 192 g/mol. The summed E-state index contributed by atoms with van der Waals surface area (Å²) < 4.78 is 0. The van der Waals surface area contributed by atoms with Crippen LogP contribution in [-0.4, -0.2) is 32.5 Å². The van der Waals surface area contributed by atoms with Gasteiger partial charge in [-0.25, -0.2) is 15.0 Å². The van der Waals surface area contributed by atoms with E-state index in [1.165, 1.54) is 6.33 Å². The molecule has 0 saturated heterocycles. The van der Waals surface area contributed by atoms with Gasteiger partial charge in [-0.1, -0.05) is 0 Å². The van der Waals surface area contributed by atoms with Crippen molar-refractivity contribution in [1.29, 1.82) is 0 Å². The Balaban J connectivity index is 2.10. The van der Waals surface area contributed by atoms with E-state index in [0.717, 1.165) is 24.3 Å². The van der Waals surface area contributed by atoms with Crippen LogP contribution in [0.5, 0.6) is 0 Å². The van der Waals surface area contributed by atoms with Crippen molar-refractivity contribution in [3.8, 4) is 0 Å². The maximum atomic E-state index is 5.66. The molecule has 4 N–H and O–H groups in total. The number of aromatic nitrogens is 4. The number of nitrogens with zero attached hydrogens (tertiary/aromatic N) is 3. The van der Waals surface area contributed by atoms with Gasteiger partial charge in [0.15, 0.2) is 11.5 Å². The third kappa shape index (κ3) is 2.21. The molecular formula is C9H14N6. The Labute approximate surface area is 87.3 Å². The first kappa shape index (κ1) is 9.85. The molecule has 80 valence electrons. The Morgan fingerprint density at radius 3 is 3.13 bits per heavy atom. The number of imidazole rings is 1. The number of hydrogen-bond acceptors (Lipinski definition) is 5. The second-order valence-electron chi connectivity index (χ2n) is 3.52. The fourth-order valence-corrected chi connectivity index (χ4v) is 1.32. The molecule has 1 unspecified atom stereocenters. The van der Waals surface area contributed by atoms with Crippen LogP contribution in [0.3, 0.4) is 0 Å². The van der Waals surface area contributed by atoms with E-state index in [1.807, 2.05) is 6.92 Å². The van der Waals surface area contributed by atoms with Crippen LogP contribution in [0.25, 0.3) is 11.2 Å². The number of aromatic amines is 1. The number of H-pyrrole nitrogens is 1. The minimum Gasteiger partial charge on any atom is -0.368 e. The molecule has 2 rings (SSSR count). The highest BCUT2D eigenvalue weighted by Gasteiger charge is 2.04. The molecule has 0 amide bonds. The minimum atomic E-state index is 0.191. The average molecular weight is 206 g/mol. The van der Waals surface area contributed by atoms with Crippen molar-refractivity contribution in [1.82, 2.24) is 19.9 Å².